The number of aliphatic hydroxyl groups excluding tert-OH is 1. The lowest BCUT2D eigenvalue weighted by Crippen LogP contribution is -2.06. The molecule has 0 saturated heterocycles. The van der Waals surface area contributed by atoms with Crippen LogP contribution in [-0.2, 0) is 9.84 Å². The standard InChI is InChI=1S/C11H16O3S/c1-3-15(13,14)11-6-4-5-10(7-11)9(2)8-12/h4-7,9,12H,3,8H2,1-2H3. The Morgan fingerprint density at radius 1 is 1.40 bits per heavy atom. The molecule has 84 valence electrons. The molecule has 1 aromatic rings. The fourth-order valence-corrected chi connectivity index (χ4v) is 2.22. The predicted molar refractivity (Wildman–Crippen MR) is 59.7 cm³/mol. The molecular weight excluding hydrogens is 212 g/mol. The first-order valence-corrected chi connectivity index (χ1v) is 6.60. The zero-order chi connectivity index (χ0) is 11.5. The second kappa shape index (κ2) is 4.77. The largest absolute Gasteiger partial charge is 0.396 e. The maximum Gasteiger partial charge on any atom is 0.178 e. The third-order valence-electron chi connectivity index (χ3n) is 2.44. The maximum atomic E-state index is 11.6. The summed E-state index contributed by atoms with van der Waals surface area (Å²) in [6, 6.07) is 6.77. The topological polar surface area (TPSA) is 54.4 Å². The molecule has 1 rings (SSSR count). The van der Waals surface area contributed by atoms with Gasteiger partial charge >= 0.3 is 0 Å². The zero-order valence-corrected chi connectivity index (χ0v) is 9.79. The molecule has 0 fully saturated rings. The van der Waals surface area contributed by atoms with E-state index in [1.165, 1.54) is 0 Å². The Balaban J connectivity index is 3.14. The third kappa shape index (κ3) is 2.79. The molecule has 0 aliphatic carbocycles. The monoisotopic (exact) mass is 228 g/mol. The molecular formula is C11H16O3S. The summed E-state index contributed by atoms with van der Waals surface area (Å²) < 4.78 is 23.2. The Bertz CT molecular complexity index is 423. The van der Waals surface area contributed by atoms with Gasteiger partial charge in [0.1, 0.15) is 0 Å². The highest BCUT2D eigenvalue weighted by molar-refractivity contribution is 7.91. The van der Waals surface area contributed by atoms with Crippen LogP contribution in [-0.4, -0.2) is 25.9 Å². The molecule has 1 aromatic carbocycles. The van der Waals surface area contributed by atoms with Crippen LogP contribution in [0.15, 0.2) is 29.2 Å². The molecule has 0 aliphatic heterocycles. The van der Waals surface area contributed by atoms with E-state index in [2.05, 4.69) is 0 Å². The van der Waals surface area contributed by atoms with Gasteiger partial charge < -0.3 is 5.11 Å². The van der Waals surface area contributed by atoms with Crippen LogP contribution < -0.4 is 0 Å². The Kier molecular flexibility index (Phi) is 3.88. The zero-order valence-electron chi connectivity index (χ0n) is 8.97. The summed E-state index contributed by atoms with van der Waals surface area (Å²) in [4.78, 5) is 0.336. The van der Waals surface area contributed by atoms with Gasteiger partial charge in [0, 0.05) is 12.5 Å². The number of hydrogen-bond donors (Lipinski definition) is 1. The Labute approximate surface area is 90.7 Å². The van der Waals surface area contributed by atoms with Gasteiger partial charge in [-0.05, 0) is 17.7 Å². The molecule has 3 nitrogen and oxygen atoms in total. The summed E-state index contributed by atoms with van der Waals surface area (Å²) >= 11 is 0. The van der Waals surface area contributed by atoms with Crippen LogP contribution in [0.3, 0.4) is 0 Å². The molecule has 0 radical (unpaired) electrons. The van der Waals surface area contributed by atoms with Gasteiger partial charge in [-0.25, -0.2) is 8.42 Å². The maximum absolute atomic E-state index is 11.6. The normalized spacial score (nSPS) is 13.8. The van der Waals surface area contributed by atoms with Gasteiger partial charge in [0.15, 0.2) is 9.84 Å². The molecule has 0 bridgehead atoms. The second-order valence-corrected chi connectivity index (χ2v) is 5.84. The van der Waals surface area contributed by atoms with E-state index in [1.54, 1.807) is 25.1 Å². The molecule has 0 aromatic heterocycles. The van der Waals surface area contributed by atoms with Crippen molar-refractivity contribution in [2.75, 3.05) is 12.4 Å². The van der Waals surface area contributed by atoms with E-state index in [4.69, 9.17) is 5.11 Å². The number of rotatable bonds is 4. The minimum Gasteiger partial charge on any atom is -0.396 e. The van der Waals surface area contributed by atoms with Gasteiger partial charge in [0.05, 0.1) is 10.6 Å². The first-order chi connectivity index (χ1) is 7.01. The lowest BCUT2D eigenvalue weighted by molar-refractivity contribution is 0.273. The summed E-state index contributed by atoms with van der Waals surface area (Å²) in [6.45, 7) is 3.50. The van der Waals surface area contributed by atoms with Gasteiger partial charge in [-0.1, -0.05) is 26.0 Å². The number of aliphatic hydroxyl groups is 1. The van der Waals surface area contributed by atoms with Crippen molar-refractivity contribution in [3.63, 3.8) is 0 Å². The summed E-state index contributed by atoms with van der Waals surface area (Å²) in [5.74, 6) is 0.0706. The highest BCUT2D eigenvalue weighted by Crippen LogP contribution is 2.19. The van der Waals surface area contributed by atoms with Crippen LogP contribution in [0.5, 0.6) is 0 Å². The fourth-order valence-electron chi connectivity index (χ4n) is 1.29. The van der Waals surface area contributed by atoms with E-state index in [1.807, 2.05) is 13.0 Å². The summed E-state index contributed by atoms with van der Waals surface area (Å²) in [6.07, 6.45) is 0. The number of sulfone groups is 1. The van der Waals surface area contributed by atoms with E-state index in [0.29, 0.717) is 4.90 Å². The van der Waals surface area contributed by atoms with Crippen molar-refractivity contribution in [3.05, 3.63) is 29.8 Å². The highest BCUT2D eigenvalue weighted by atomic mass is 32.2. The lowest BCUT2D eigenvalue weighted by atomic mass is 10.0. The fraction of sp³-hybridized carbons (Fsp3) is 0.455. The van der Waals surface area contributed by atoms with E-state index in [-0.39, 0.29) is 18.3 Å². The van der Waals surface area contributed by atoms with Gasteiger partial charge in [-0.15, -0.1) is 0 Å². The van der Waals surface area contributed by atoms with Gasteiger partial charge in [-0.2, -0.15) is 0 Å². The van der Waals surface area contributed by atoms with Crippen molar-refractivity contribution in [1.82, 2.24) is 0 Å². The molecule has 0 saturated carbocycles. The minimum atomic E-state index is -3.14. The van der Waals surface area contributed by atoms with Crippen molar-refractivity contribution < 1.29 is 13.5 Å². The molecule has 1 N–H and O–H groups in total. The number of hydrogen-bond acceptors (Lipinski definition) is 3. The molecule has 15 heavy (non-hydrogen) atoms. The molecule has 1 unspecified atom stereocenters. The number of benzene rings is 1. The molecule has 1 atom stereocenters. The molecule has 0 heterocycles. The Morgan fingerprint density at radius 2 is 2.07 bits per heavy atom. The quantitative estimate of drug-likeness (QED) is 0.851. The molecule has 0 spiro atoms. The van der Waals surface area contributed by atoms with E-state index in [0.717, 1.165) is 5.56 Å². The van der Waals surface area contributed by atoms with Crippen LogP contribution in [0.2, 0.25) is 0 Å². The molecule has 4 heteroatoms. The first-order valence-electron chi connectivity index (χ1n) is 4.95. The van der Waals surface area contributed by atoms with Crippen LogP contribution in [0.25, 0.3) is 0 Å². The van der Waals surface area contributed by atoms with E-state index < -0.39 is 9.84 Å². The lowest BCUT2D eigenvalue weighted by Gasteiger charge is -2.09. The van der Waals surface area contributed by atoms with Crippen molar-refractivity contribution in [2.45, 2.75) is 24.7 Å². The van der Waals surface area contributed by atoms with E-state index >= 15 is 0 Å². The molecule has 0 aliphatic rings. The average molecular weight is 228 g/mol. The van der Waals surface area contributed by atoms with Crippen LogP contribution in [0, 0.1) is 0 Å². The summed E-state index contributed by atoms with van der Waals surface area (Å²) in [5, 5.41) is 8.99. The Morgan fingerprint density at radius 3 is 2.60 bits per heavy atom. The molecule has 0 amide bonds. The third-order valence-corrected chi connectivity index (χ3v) is 4.17. The van der Waals surface area contributed by atoms with Crippen LogP contribution in [0.4, 0.5) is 0 Å². The van der Waals surface area contributed by atoms with E-state index in [9.17, 15) is 8.42 Å². The van der Waals surface area contributed by atoms with Crippen molar-refractivity contribution in [3.8, 4) is 0 Å². The Hall–Kier alpha value is -0.870. The van der Waals surface area contributed by atoms with Gasteiger partial charge in [0.25, 0.3) is 0 Å². The van der Waals surface area contributed by atoms with Crippen molar-refractivity contribution >= 4 is 9.84 Å². The highest BCUT2D eigenvalue weighted by Gasteiger charge is 2.13. The minimum absolute atomic E-state index is 0.0234. The van der Waals surface area contributed by atoms with Gasteiger partial charge in [-0.3, -0.25) is 0 Å². The van der Waals surface area contributed by atoms with Gasteiger partial charge in [0.2, 0.25) is 0 Å². The smallest absolute Gasteiger partial charge is 0.178 e. The summed E-state index contributed by atoms with van der Waals surface area (Å²) in [5.41, 5.74) is 0.854. The van der Waals surface area contributed by atoms with Crippen molar-refractivity contribution in [1.29, 1.82) is 0 Å². The summed E-state index contributed by atoms with van der Waals surface area (Å²) in [7, 11) is -3.14. The first kappa shape index (κ1) is 12.2. The average Bonchev–Trinajstić information content (AvgIpc) is 2.28. The predicted octanol–water partition coefficient (Wildman–Crippen LogP) is 1.58. The van der Waals surface area contributed by atoms with Crippen molar-refractivity contribution in [2.24, 2.45) is 0 Å². The SMILES string of the molecule is CCS(=O)(=O)c1cccc(C(C)CO)c1. The van der Waals surface area contributed by atoms with Crippen LogP contribution >= 0.6 is 0 Å². The van der Waals surface area contributed by atoms with Crippen LogP contribution in [0.1, 0.15) is 25.3 Å². The second-order valence-electron chi connectivity index (χ2n) is 3.56.